The smallest absolute Gasteiger partial charge is 0.181 e. The maximum absolute atomic E-state index is 2.95. The number of aromatic nitrogens is 2. The van der Waals surface area contributed by atoms with Crippen molar-refractivity contribution in [3.63, 3.8) is 0 Å². The lowest BCUT2D eigenvalue weighted by molar-refractivity contribution is 1.17. The van der Waals surface area contributed by atoms with Crippen molar-refractivity contribution in [1.29, 1.82) is 0 Å². The summed E-state index contributed by atoms with van der Waals surface area (Å²) in [6.07, 6.45) is 0. The molecule has 0 aliphatic carbocycles. The predicted molar refractivity (Wildman–Crippen MR) is 270 cm³/mol. The summed E-state index contributed by atoms with van der Waals surface area (Å²) in [5, 5.41) is 10.4. The number of hydrogen-bond donors (Lipinski definition) is 0. The minimum Gasteiger partial charge on any atom is -0.309 e. The van der Waals surface area contributed by atoms with Gasteiger partial charge in [0.05, 0.1) is 27.8 Å². The Labute approximate surface area is 368 Å². The molecule has 10 aromatic carbocycles. The van der Waals surface area contributed by atoms with E-state index in [1.54, 1.807) is 0 Å². The summed E-state index contributed by atoms with van der Waals surface area (Å²) >= 11 is 0. The molecule has 12 aromatic rings. The van der Waals surface area contributed by atoms with Gasteiger partial charge in [-0.25, -0.2) is 0 Å². The molecule has 0 bridgehead atoms. The summed E-state index contributed by atoms with van der Waals surface area (Å²) < 4.78 is 5.06. The fourth-order valence-corrected chi connectivity index (χ4v) is 15.4. The van der Waals surface area contributed by atoms with Gasteiger partial charge in [-0.15, -0.1) is 0 Å². The molecule has 0 N–H and O–H groups in total. The van der Waals surface area contributed by atoms with Gasteiger partial charge >= 0.3 is 0 Å². The van der Waals surface area contributed by atoms with Gasteiger partial charge in [-0.3, -0.25) is 0 Å². The zero-order valence-electron chi connectivity index (χ0n) is 34.6. The van der Waals surface area contributed by atoms with Crippen molar-refractivity contribution >= 4 is 72.4 Å². The van der Waals surface area contributed by atoms with Gasteiger partial charge in [0.2, 0.25) is 0 Å². The lowest BCUT2D eigenvalue weighted by Gasteiger charge is -2.35. The quantitative estimate of drug-likeness (QED) is 0.107. The van der Waals surface area contributed by atoms with Crippen LogP contribution in [-0.2, 0) is 0 Å². The molecule has 2 heterocycles. The van der Waals surface area contributed by atoms with Crippen LogP contribution in [0.4, 0.5) is 0 Å². The van der Waals surface area contributed by atoms with Crippen LogP contribution >= 0.6 is 0 Å². The highest BCUT2D eigenvalue weighted by Gasteiger charge is 2.43. The second-order valence-electron chi connectivity index (χ2n) is 16.4. The number of hydrogen-bond acceptors (Lipinski definition) is 0. The van der Waals surface area contributed by atoms with Crippen molar-refractivity contribution < 1.29 is 0 Å². The molecule has 0 saturated heterocycles. The zero-order chi connectivity index (χ0) is 41.7. The predicted octanol–water partition coefficient (Wildman–Crippen LogP) is 12.6. The van der Waals surface area contributed by atoms with Gasteiger partial charge in [-0.05, 0) is 73.8 Å². The van der Waals surface area contributed by atoms with Gasteiger partial charge in [0.15, 0.2) is 8.07 Å². The molecule has 0 aliphatic heterocycles. The highest BCUT2D eigenvalue weighted by atomic mass is 28.3. The van der Waals surface area contributed by atoms with Crippen molar-refractivity contribution in [1.82, 2.24) is 9.13 Å². The van der Waals surface area contributed by atoms with Crippen molar-refractivity contribution in [3.8, 4) is 33.6 Å². The van der Waals surface area contributed by atoms with Crippen LogP contribution in [0.3, 0.4) is 0 Å². The van der Waals surface area contributed by atoms with E-state index in [-0.39, 0.29) is 0 Å². The molecule has 0 saturated carbocycles. The minimum absolute atomic E-state index is 1.14. The Kier molecular flexibility index (Phi) is 8.87. The molecule has 63 heavy (non-hydrogen) atoms. The maximum atomic E-state index is 2.57. The van der Waals surface area contributed by atoms with Crippen LogP contribution < -0.4 is 20.7 Å². The fraction of sp³-hybridized carbons (Fsp3) is 0. The first kappa shape index (κ1) is 36.8. The Balaban J connectivity index is 1.22. The van der Waals surface area contributed by atoms with E-state index in [1.165, 1.54) is 86.6 Å². The lowest BCUT2D eigenvalue weighted by atomic mass is 9.99. The van der Waals surface area contributed by atoms with Crippen molar-refractivity contribution in [2.45, 2.75) is 0 Å². The first-order chi connectivity index (χ1) is 31.3. The van der Waals surface area contributed by atoms with Crippen LogP contribution in [-0.4, -0.2) is 17.2 Å². The molecule has 3 heteroatoms. The SMILES string of the molecule is c1ccc(-c2ccccc2-n2c3ccc(-n4c5ccccc5c5cccc([Si](c6ccccc6)(c6ccccc6)c6ccccc6)c54)cc3c3c(-c4ccccc4)cccc32)cc1. The molecular weight excluding hydrogens is 777 g/mol. The van der Waals surface area contributed by atoms with Gasteiger partial charge < -0.3 is 9.13 Å². The fourth-order valence-electron chi connectivity index (χ4n) is 10.5. The van der Waals surface area contributed by atoms with E-state index in [0.717, 1.165) is 11.4 Å². The topological polar surface area (TPSA) is 9.86 Å². The van der Waals surface area contributed by atoms with E-state index in [1.807, 2.05) is 0 Å². The van der Waals surface area contributed by atoms with Crippen LogP contribution in [0.25, 0.3) is 77.2 Å². The van der Waals surface area contributed by atoms with Gasteiger partial charge in [0.25, 0.3) is 0 Å². The Morgan fingerprint density at radius 1 is 0.302 bits per heavy atom. The van der Waals surface area contributed by atoms with E-state index < -0.39 is 8.07 Å². The summed E-state index contributed by atoms with van der Waals surface area (Å²) in [6, 6.07) is 94.3. The van der Waals surface area contributed by atoms with E-state index in [4.69, 9.17) is 0 Å². The Bertz CT molecular complexity index is 3500. The van der Waals surface area contributed by atoms with Crippen LogP contribution in [0.1, 0.15) is 0 Å². The number of nitrogens with zero attached hydrogens (tertiary/aromatic N) is 2. The molecule has 12 rings (SSSR count). The summed E-state index contributed by atoms with van der Waals surface area (Å²) in [4.78, 5) is 0. The third-order valence-corrected chi connectivity index (χ3v) is 17.9. The molecule has 0 aliphatic rings. The van der Waals surface area contributed by atoms with Crippen molar-refractivity contribution in [2.24, 2.45) is 0 Å². The first-order valence-corrected chi connectivity index (χ1v) is 23.8. The van der Waals surface area contributed by atoms with Crippen LogP contribution in [0, 0.1) is 0 Å². The lowest BCUT2D eigenvalue weighted by Crippen LogP contribution is -2.75. The summed E-state index contributed by atoms with van der Waals surface area (Å²) in [5.41, 5.74) is 11.9. The van der Waals surface area contributed by atoms with Crippen LogP contribution in [0.5, 0.6) is 0 Å². The summed E-state index contributed by atoms with van der Waals surface area (Å²) in [5.74, 6) is 0. The number of benzene rings is 10. The van der Waals surface area contributed by atoms with Crippen LogP contribution in [0.2, 0.25) is 0 Å². The molecule has 296 valence electrons. The Morgan fingerprint density at radius 3 is 1.43 bits per heavy atom. The van der Waals surface area contributed by atoms with E-state index in [2.05, 4.69) is 264 Å². The van der Waals surface area contributed by atoms with Crippen molar-refractivity contribution in [2.75, 3.05) is 0 Å². The van der Waals surface area contributed by atoms with Gasteiger partial charge in [0.1, 0.15) is 0 Å². The van der Waals surface area contributed by atoms with E-state index >= 15 is 0 Å². The second kappa shape index (κ2) is 15.2. The molecule has 2 nitrogen and oxygen atoms in total. The molecule has 0 atom stereocenters. The largest absolute Gasteiger partial charge is 0.309 e. The molecule has 0 amide bonds. The van der Waals surface area contributed by atoms with Gasteiger partial charge in [-0.1, -0.05) is 218 Å². The zero-order valence-corrected chi connectivity index (χ0v) is 35.6. The molecule has 0 spiro atoms. The summed E-state index contributed by atoms with van der Waals surface area (Å²) in [7, 11) is -2.95. The summed E-state index contributed by atoms with van der Waals surface area (Å²) in [6.45, 7) is 0. The Hall–Kier alpha value is -7.98. The Morgan fingerprint density at radius 2 is 0.778 bits per heavy atom. The number of fused-ring (bicyclic) bond motifs is 6. The highest BCUT2D eigenvalue weighted by Crippen LogP contribution is 2.42. The monoisotopic (exact) mass is 818 g/mol. The highest BCUT2D eigenvalue weighted by molar-refractivity contribution is 7.20. The molecular formula is C60H42N2Si. The second-order valence-corrected chi connectivity index (χ2v) is 20.2. The average molecular weight is 819 g/mol. The normalized spacial score (nSPS) is 11.8. The van der Waals surface area contributed by atoms with E-state index in [9.17, 15) is 0 Å². The van der Waals surface area contributed by atoms with Gasteiger partial charge in [-0.2, -0.15) is 0 Å². The van der Waals surface area contributed by atoms with Crippen molar-refractivity contribution in [3.05, 3.63) is 255 Å². The standard InChI is InChI=1S/C60H42N2Si/c1-6-22-43(23-7-1)49-32-16-18-36-54(49)62-56-41-40-45(42-53(56)59-50(34-20-38-57(59)62)44-24-8-2-9-25-44)61-55-37-19-17-33-51(55)52-35-21-39-58(60(52)61)63(46-26-10-3-11-27-46,47-28-12-4-13-29-47)48-30-14-5-15-31-48/h1-42H. The van der Waals surface area contributed by atoms with E-state index in [0.29, 0.717) is 0 Å². The van der Waals surface area contributed by atoms with Gasteiger partial charge in [0, 0.05) is 32.8 Å². The third-order valence-electron chi connectivity index (χ3n) is 13.1. The molecule has 0 unspecified atom stereocenters. The minimum atomic E-state index is -2.95. The van der Waals surface area contributed by atoms with Crippen LogP contribution in [0.15, 0.2) is 255 Å². The maximum Gasteiger partial charge on any atom is 0.181 e. The average Bonchev–Trinajstić information content (AvgIpc) is 3.89. The molecule has 2 aromatic heterocycles. The number of rotatable bonds is 8. The molecule has 0 fully saturated rings. The number of para-hydroxylation sites is 3. The first-order valence-electron chi connectivity index (χ1n) is 21.8. The third kappa shape index (κ3) is 5.78. The molecule has 0 radical (unpaired) electrons.